The number of carbonyl (C=O) groups is 1. The molecule has 0 aliphatic rings. The maximum Gasteiger partial charge on any atom is 0.252 e. The molecule has 0 aliphatic carbocycles. The van der Waals surface area contributed by atoms with Gasteiger partial charge >= 0.3 is 0 Å². The van der Waals surface area contributed by atoms with E-state index in [1.807, 2.05) is 26.8 Å². The molecular weight excluding hydrogens is 206 g/mol. The van der Waals surface area contributed by atoms with Crippen LogP contribution in [0.25, 0.3) is 0 Å². The topological polar surface area (TPSA) is 29.1 Å². The number of aryl methyl sites for hydroxylation is 2. The second kappa shape index (κ2) is 4.79. The Morgan fingerprint density at radius 2 is 1.93 bits per heavy atom. The number of hydrogen-bond donors (Lipinski definition) is 1. The Morgan fingerprint density at radius 1 is 1.33 bits per heavy atom. The molecule has 0 bridgehead atoms. The van der Waals surface area contributed by atoms with Crippen molar-refractivity contribution in [3.05, 3.63) is 21.4 Å². The molecule has 0 fully saturated rings. The minimum absolute atomic E-state index is 0.0537. The summed E-state index contributed by atoms with van der Waals surface area (Å²) >= 11 is 1.67. The zero-order valence-corrected chi connectivity index (χ0v) is 10.9. The standard InChI is InChI=1S/C12H19NOS/c1-7(2)9(4)13-12(14)11-6-8(3)15-10(11)5/h6-7,9H,1-5H3,(H,13,14). The van der Waals surface area contributed by atoms with Crippen molar-refractivity contribution < 1.29 is 4.79 Å². The summed E-state index contributed by atoms with van der Waals surface area (Å²) < 4.78 is 0. The molecule has 1 amide bonds. The van der Waals surface area contributed by atoms with Gasteiger partial charge in [-0.1, -0.05) is 13.8 Å². The summed E-state index contributed by atoms with van der Waals surface area (Å²) in [5.74, 6) is 0.520. The van der Waals surface area contributed by atoms with Gasteiger partial charge in [-0.15, -0.1) is 11.3 Å². The van der Waals surface area contributed by atoms with Gasteiger partial charge < -0.3 is 5.32 Å². The first-order valence-corrected chi connectivity index (χ1v) is 6.11. The maximum atomic E-state index is 11.9. The predicted molar refractivity (Wildman–Crippen MR) is 65.6 cm³/mol. The summed E-state index contributed by atoms with van der Waals surface area (Å²) in [5, 5.41) is 3.02. The van der Waals surface area contributed by atoms with E-state index in [1.54, 1.807) is 11.3 Å². The third-order valence-corrected chi connectivity index (χ3v) is 3.61. The predicted octanol–water partition coefficient (Wildman–Crippen LogP) is 3.14. The Morgan fingerprint density at radius 3 is 2.33 bits per heavy atom. The Bertz CT molecular complexity index is 355. The summed E-state index contributed by atoms with van der Waals surface area (Å²) in [6.45, 7) is 10.3. The van der Waals surface area contributed by atoms with Crippen LogP contribution in [-0.4, -0.2) is 11.9 Å². The van der Waals surface area contributed by atoms with Crippen molar-refractivity contribution >= 4 is 17.2 Å². The summed E-state index contributed by atoms with van der Waals surface area (Å²) in [5.41, 5.74) is 0.824. The van der Waals surface area contributed by atoms with Crippen LogP contribution < -0.4 is 5.32 Å². The molecule has 0 spiro atoms. The van der Waals surface area contributed by atoms with Crippen molar-refractivity contribution in [2.24, 2.45) is 5.92 Å². The zero-order chi connectivity index (χ0) is 11.6. The minimum atomic E-state index is 0.0537. The van der Waals surface area contributed by atoms with E-state index in [1.165, 1.54) is 4.88 Å². The molecular formula is C12H19NOS. The van der Waals surface area contributed by atoms with E-state index in [4.69, 9.17) is 0 Å². The molecule has 1 atom stereocenters. The molecule has 84 valence electrons. The normalized spacial score (nSPS) is 12.9. The lowest BCUT2D eigenvalue weighted by Crippen LogP contribution is -2.36. The molecule has 15 heavy (non-hydrogen) atoms. The average Bonchev–Trinajstić information content (AvgIpc) is 2.44. The molecule has 0 aliphatic heterocycles. The molecule has 2 nitrogen and oxygen atoms in total. The van der Waals surface area contributed by atoms with Crippen LogP contribution >= 0.6 is 11.3 Å². The quantitative estimate of drug-likeness (QED) is 0.841. The monoisotopic (exact) mass is 225 g/mol. The lowest BCUT2D eigenvalue weighted by molar-refractivity contribution is 0.0930. The molecule has 0 saturated heterocycles. The SMILES string of the molecule is Cc1cc(C(=O)NC(C)C(C)C)c(C)s1. The summed E-state index contributed by atoms with van der Waals surface area (Å²) in [4.78, 5) is 14.2. The minimum Gasteiger partial charge on any atom is -0.349 e. The third kappa shape index (κ3) is 3.06. The van der Waals surface area contributed by atoms with E-state index in [9.17, 15) is 4.79 Å². The van der Waals surface area contributed by atoms with E-state index >= 15 is 0 Å². The van der Waals surface area contributed by atoms with Gasteiger partial charge in [0.25, 0.3) is 5.91 Å². The fourth-order valence-corrected chi connectivity index (χ4v) is 2.23. The molecule has 0 saturated carbocycles. The fraction of sp³-hybridized carbons (Fsp3) is 0.583. The maximum absolute atomic E-state index is 11.9. The van der Waals surface area contributed by atoms with Crippen LogP contribution in [0.4, 0.5) is 0 Å². The number of rotatable bonds is 3. The van der Waals surface area contributed by atoms with Crippen LogP contribution in [0.2, 0.25) is 0 Å². The van der Waals surface area contributed by atoms with Gasteiger partial charge in [0.15, 0.2) is 0 Å². The molecule has 1 rings (SSSR count). The fourth-order valence-electron chi connectivity index (χ4n) is 1.31. The van der Waals surface area contributed by atoms with Crippen LogP contribution in [0, 0.1) is 19.8 Å². The van der Waals surface area contributed by atoms with Crippen LogP contribution in [0.5, 0.6) is 0 Å². The Balaban J connectivity index is 2.73. The molecule has 0 aromatic carbocycles. The largest absolute Gasteiger partial charge is 0.349 e. The van der Waals surface area contributed by atoms with Gasteiger partial charge in [0.05, 0.1) is 5.56 Å². The van der Waals surface area contributed by atoms with Gasteiger partial charge in [0, 0.05) is 15.8 Å². The Hall–Kier alpha value is -0.830. The van der Waals surface area contributed by atoms with Crippen molar-refractivity contribution in [2.75, 3.05) is 0 Å². The van der Waals surface area contributed by atoms with E-state index < -0.39 is 0 Å². The highest BCUT2D eigenvalue weighted by Gasteiger charge is 2.15. The molecule has 1 N–H and O–H groups in total. The van der Waals surface area contributed by atoms with Crippen molar-refractivity contribution in [3.8, 4) is 0 Å². The Labute approximate surface area is 95.7 Å². The first-order chi connectivity index (χ1) is 6.91. The van der Waals surface area contributed by atoms with Gasteiger partial charge in [-0.3, -0.25) is 4.79 Å². The first kappa shape index (κ1) is 12.2. The van der Waals surface area contributed by atoms with Crippen molar-refractivity contribution in [3.63, 3.8) is 0 Å². The van der Waals surface area contributed by atoms with Gasteiger partial charge in [-0.05, 0) is 32.8 Å². The summed E-state index contributed by atoms with van der Waals surface area (Å²) in [7, 11) is 0. The van der Waals surface area contributed by atoms with Crippen molar-refractivity contribution in [1.82, 2.24) is 5.32 Å². The van der Waals surface area contributed by atoms with Gasteiger partial charge in [-0.25, -0.2) is 0 Å². The second-order valence-corrected chi connectivity index (χ2v) is 5.79. The highest BCUT2D eigenvalue weighted by atomic mass is 32.1. The van der Waals surface area contributed by atoms with Crippen LogP contribution in [-0.2, 0) is 0 Å². The molecule has 0 radical (unpaired) electrons. The van der Waals surface area contributed by atoms with Gasteiger partial charge in [0.1, 0.15) is 0 Å². The van der Waals surface area contributed by atoms with Gasteiger partial charge in [-0.2, -0.15) is 0 Å². The van der Waals surface area contributed by atoms with E-state index in [-0.39, 0.29) is 11.9 Å². The zero-order valence-electron chi connectivity index (χ0n) is 10.0. The van der Waals surface area contributed by atoms with Gasteiger partial charge in [0.2, 0.25) is 0 Å². The Kier molecular flexibility index (Phi) is 3.91. The van der Waals surface area contributed by atoms with Crippen molar-refractivity contribution in [2.45, 2.75) is 40.7 Å². The molecule has 1 aromatic rings. The number of carbonyl (C=O) groups excluding carboxylic acids is 1. The number of thiophene rings is 1. The first-order valence-electron chi connectivity index (χ1n) is 5.29. The molecule has 1 aromatic heterocycles. The second-order valence-electron chi connectivity index (χ2n) is 4.33. The highest BCUT2D eigenvalue weighted by molar-refractivity contribution is 7.12. The van der Waals surface area contributed by atoms with Crippen LogP contribution in [0.1, 0.15) is 40.9 Å². The summed E-state index contributed by atoms with van der Waals surface area (Å²) in [6.07, 6.45) is 0. The van der Waals surface area contributed by atoms with E-state index in [0.29, 0.717) is 5.92 Å². The highest BCUT2D eigenvalue weighted by Crippen LogP contribution is 2.20. The lowest BCUT2D eigenvalue weighted by atomic mass is 10.1. The van der Waals surface area contributed by atoms with Crippen molar-refractivity contribution in [1.29, 1.82) is 0 Å². The lowest BCUT2D eigenvalue weighted by Gasteiger charge is -2.17. The average molecular weight is 225 g/mol. The third-order valence-electron chi connectivity index (χ3n) is 2.64. The molecule has 3 heteroatoms. The summed E-state index contributed by atoms with van der Waals surface area (Å²) in [6, 6.07) is 2.18. The number of amides is 1. The van der Waals surface area contributed by atoms with E-state index in [2.05, 4.69) is 19.2 Å². The number of hydrogen-bond acceptors (Lipinski definition) is 2. The van der Waals surface area contributed by atoms with E-state index in [0.717, 1.165) is 10.4 Å². The van der Waals surface area contributed by atoms with Crippen LogP contribution in [0.15, 0.2) is 6.07 Å². The molecule has 1 unspecified atom stereocenters. The smallest absolute Gasteiger partial charge is 0.252 e. The number of nitrogens with one attached hydrogen (secondary N) is 1. The van der Waals surface area contributed by atoms with Crippen LogP contribution in [0.3, 0.4) is 0 Å². The molecule has 1 heterocycles.